The van der Waals surface area contributed by atoms with Crippen molar-refractivity contribution in [1.29, 1.82) is 0 Å². The highest BCUT2D eigenvalue weighted by molar-refractivity contribution is 5.88. The highest BCUT2D eigenvalue weighted by Gasteiger charge is 2.44. The van der Waals surface area contributed by atoms with Crippen LogP contribution in [0.25, 0.3) is 21.8 Å². The number of carbonyl (C=O) groups excluding carboxylic acids is 3. The first-order chi connectivity index (χ1) is 33.6. The summed E-state index contributed by atoms with van der Waals surface area (Å²) in [7, 11) is 0. The summed E-state index contributed by atoms with van der Waals surface area (Å²) in [6.45, 7) is 11.4. The van der Waals surface area contributed by atoms with Gasteiger partial charge < -0.3 is 34.8 Å². The molecule has 4 fully saturated rings. The molecule has 0 unspecified atom stereocenters. The number of carboxylic acid groups (broad SMARTS) is 1. The number of amides is 3. The zero-order valence-corrected chi connectivity index (χ0v) is 39.9. The Labute approximate surface area is 404 Å². The van der Waals surface area contributed by atoms with Crippen LogP contribution in [0.15, 0.2) is 83.8 Å². The molecule has 5 heterocycles. The van der Waals surface area contributed by atoms with Crippen molar-refractivity contribution >= 4 is 45.7 Å². The van der Waals surface area contributed by atoms with Crippen LogP contribution in [0.1, 0.15) is 86.5 Å². The van der Waals surface area contributed by atoms with Gasteiger partial charge in [0.25, 0.3) is 5.56 Å². The van der Waals surface area contributed by atoms with Gasteiger partial charge in [-0.2, -0.15) is 18.3 Å². The lowest BCUT2D eigenvalue weighted by Crippen LogP contribution is -2.59. The van der Waals surface area contributed by atoms with E-state index in [1.54, 1.807) is 9.58 Å². The maximum absolute atomic E-state index is 14.6. The van der Waals surface area contributed by atoms with Crippen molar-refractivity contribution in [3.8, 4) is 0 Å². The summed E-state index contributed by atoms with van der Waals surface area (Å²) >= 11 is 0. The highest BCUT2D eigenvalue weighted by atomic mass is 19.4. The number of pyridine rings is 1. The Morgan fingerprint density at radius 2 is 1.51 bits per heavy atom. The third-order valence-corrected chi connectivity index (χ3v) is 14.8. The van der Waals surface area contributed by atoms with E-state index in [0.717, 1.165) is 115 Å². The number of hydrogen-bond acceptors (Lipinski definition) is 9. The number of alkyl halides is 3. The standard InChI is InChI=1S/C50H62N8O5.C2HF3O2/c1-3-54-21-17-41(18-22-54)55-25-27-56(28-26-55)47(60)44(52-49(62)57-23-15-37(16-24-57)42-32-38-11-7-8-14-43(38)51-46(42)59)31-36-29-35(2)45-39(30-36)33-58(53-45)34-63-48(61)50(19-9-10-20-50)40-12-5-4-6-13-40;3-2(4,5)1(6)7/h4-8,11-14,29-30,32-33,37,41,44H,3,9-10,15-28,31,34H2,1-2H3,(H,51,59)(H,52,62);(H,6,7)/t44-;/m1./s1. The number of fused-ring (bicyclic) bond motifs is 2. The summed E-state index contributed by atoms with van der Waals surface area (Å²) < 4.78 is 39.4. The zero-order valence-electron chi connectivity index (χ0n) is 39.9. The number of aromatic nitrogens is 3. The number of benzene rings is 3. The third-order valence-electron chi connectivity index (χ3n) is 14.8. The minimum absolute atomic E-state index is 0.00365. The lowest BCUT2D eigenvalue weighted by Gasteiger charge is -2.43. The Bertz CT molecular complexity index is 2700. The van der Waals surface area contributed by atoms with Crippen molar-refractivity contribution in [3.05, 3.63) is 112 Å². The fraction of sp³-hybridized carbons (Fsp3) is 0.500. The highest BCUT2D eigenvalue weighted by Crippen LogP contribution is 2.42. The van der Waals surface area contributed by atoms with Crippen LogP contribution in [0, 0.1) is 6.92 Å². The van der Waals surface area contributed by atoms with Gasteiger partial charge in [-0.3, -0.25) is 19.3 Å². The van der Waals surface area contributed by atoms with Crippen molar-refractivity contribution in [1.82, 2.24) is 39.7 Å². The van der Waals surface area contributed by atoms with Gasteiger partial charge in [-0.1, -0.05) is 74.4 Å². The van der Waals surface area contributed by atoms with Crippen LogP contribution < -0.4 is 10.9 Å². The second-order valence-corrected chi connectivity index (χ2v) is 19.2. The number of piperidine rings is 2. The lowest BCUT2D eigenvalue weighted by molar-refractivity contribution is -0.192. The van der Waals surface area contributed by atoms with Crippen LogP contribution in [-0.4, -0.2) is 141 Å². The predicted octanol–water partition coefficient (Wildman–Crippen LogP) is 6.96. The first-order valence-electron chi connectivity index (χ1n) is 24.5. The van der Waals surface area contributed by atoms with Crippen LogP contribution in [0.2, 0.25) is 0 Å². The fourth-order valence-corrected chi connectivity index (χ4v) is 10.9. The number of nitrogens with zero attached hydrogens (tertiary/aromatic N) is 6. The summed E-state index contributed by atoms with van der Waals surface area (Å²) in [6, 6.07) is 23.4. The molecule has 3 saturated heterocycles. The van der Waals surface area contributed by atoms with E-state index in [1.165, 1.54) is 0 Å². The molecule has 4 aliphatic rings. The van der Waals surface area contributed by atoms with Crippen LogP contribution in [-0.2, 0) is 37.7 Å². The maximum Gasteiger partial charge on any atom is 0.490 e. The monoisotopic (exact) mass is 968 g/mol. The molecule has 15 nitrogen and oxygen atoms in total. The van der Waals surface area contributed by atoms with Gasteiger partial charge in [0.1, 0.15) is 6.04 Å². The van der Waals surface area contributed by atoms with Crippen molar-refractivity contribution in [2.75, 3.05) is 58.9 Å². The maximum atomic E-state index is 14.6. The third kappa shape index (κ3) is 11.5. The summed E-state index contributed by atoms with van der Waals surface area (Å²) in [5.41, 5.74) is 4.53. The Morgan fingerprint density at radius 3 is 2.17 bits per heavy atom. The van der Waals surface area contributed by atoms with Gasteiger partial charge in [-0.05, 0) is 111 Å². The Morgan fingerprint density at radius 1 is 0.857 bits per heavy atom. The molecule has 0 bridgehead atoms. The molecule has 1 aliphatic carbocycles. The van der Waals surface area contributed by atoms with Gasteiger partial charge in [0, 0.05) is 74.4 Å². The Balaban J connectivity index is 0.000000876. The molecule has 1 atom stereocenters. The van der Waals surface area contributed by atoms with Crippen molar-refractivity contribution in [3.63, 3.8) is 0 Å². The number of hydrogen-bond donors (Lipinski definition) is 3. The van der Waals surface area contributed by atoms with Gasteiger partial charge in [0.05, 0.1) is 10.9 Å². The minimum Gasteiger partial charge on any atom is -0.475 e. The average Bonchev–Trinajstić information content (AvgIpc) is 4.05. The van der Waals surface area contributed by atoms with Gasteiger partial charge in [-0.15, -0.1) is 0 Å². The van der Waals surface area contributed by atoms with E-state index >= 15 is 0 Å². The smallest absolute Gasteiger partial charge is 0.475 e. The topological polar surface area (TPSA) is 173 Å². The van der Waals surface area contributed by atoms with Crippen LogP contribution in [0.3, 0.4) is 0 Å². The van der Waals surface area contributed by atoms with E-state index in [4.69, 9.17) is 19.7 Å². The number of piperazine rings is 1. The number of rotatable bonds is 11. The first-order valence-corrected chi connectivity index (χ1v) is 24.5. The molecule has 18 heteroatoms. The SMILES string of the molecule is CCN1CCC(N2CCN(C(=O)[C@@H](Cc3cc(C)c4nn(COC(=O)C5(c6ccccc6)CCCC5)cc4c3)NC(=O)N3CCC(c4cc5ccccc5[nH]c4=O)CC3)CC2)CC1.O=C(O)C(F)(F)F. The van der Waals surface area contributed by atoms with Crippen molar-refractivity contribution < 1.29 is 42.2 Å². The molecule has 3 aromatic carbocycles. The van der Waals surface area contributed by atoms with Gasteiger partial charge in [-0.25, -0.2) is 14.3 Å². The van der Waals surface area contributed by atoms with Crippen LogP contribution >= 0.6 is 0 Å². The van der Waals surface area contributed by atoms with Crippen LogP contribution in [0.5, 0.6) is 0 Å². The molecule has 3 aliphatic heterocycles. The number of aryl methyl sites for hydroxylation is 1. The number of urea groups is 1. The molecule has 9 rings (SSSR count). The molecule has 374 valence electrons. The number of halogens is 3. The fourth-order valence-electron chi connectivity index (χ4n) is 10.9. The average molecular weight is 969 g/mol. The molecule has 1 saturated carbocycles. The number of esters is 1. The Hall–Kier alpha value is -6.27. The number of likely N-dealkylation sites (tertiary alicyclic amines) is 2. The van der Waals surface area contributed by atoms with E-state index in [0.29, 0.717) is 51.5 Å². The largest absolute Gasteiger partial charge is 0.490 e. The van der Waals surface area contributed by atoms with Crippen molar-refractivity contribution in [2.45, 2.75) is 108 Å². The molecule has 0 radical (unpaired) electrons. The minimum atomic E-state index is -5.08. The summed E-state index contributed by atoms with van der Waals surface area (Å²) in [4.78, 5) is 76.2. The molecule has 3 N–H and O–H groups in total. The van der Waals surface area contributed by atoms with E-state index in [-0.39, 0.29) is 36.1 Å². The van der Waals surface area contributed by atoms with Crippen molar-refractivity contribution in [2.24, 2.45) is 0 Å². The number of H-pyrrole nitrogens is 1. The number of carbonyl (C=O) groups is 4. The molecule has 0 spiro atoms. The quantitative estimate of drug-likeness (QED) is 0.118. The second kappa shape index (κ2) is 21.8. The molecular formula is C52H63F3N8O7. The van der Waals surface area contributed by atoms with E-state index in [9.17, 15) is 32.3 Å². The predicted molar refractivity (Wildman–Crippen MR) is 258 cm³/mol. The summed E-state index contributed by atoms with van der Waals surface area (Å²) in [5, 5.41) is 17.0. The summed E-state index contributed by atoms with van der Waals surface area (Å²) in [5.74, 6) is -3.00. The Kier molecular flexibility index (Phi) is 15.6. The normalized spacial score (nSPS) is 18.9. The number of para-hydroxylation sites is 1. The lowest BCUT2D eigenvalue weighted by atomic mass is 9.79. The molecular weight excluding hydrogens is 906 g/mol. The van der Waals surface area contributed by atoms with Gasteiger partial charge in [0.15, 0.2) is 6.73 Å². The molecule has 3 amide bonds. The van der Waals surface area contributed by atoms with Gasteiger partial charge in [0.2, 0.25) is 5.91 Å². The second-order valence-electron chi connectivity index (χ2n) is 19.2. The number of carboxylic acids is 1. The van der Waals surface area contributed by atoms with E-state index < -0.39 is 23.6 Å². The number of aromatic amines is 1. The van der Waals surface area contributed by atoms with Gasteiger partial charge >= 0.3 is 24.1 Å². The van der Waals surface area contributed by atoms with E-state index in [2.05, 4.69) is 27.0 Å². The molecule has 2 aromatic heterocycles. The summed E-state index contributed by atoms with van der Waals surface area (Å²) in [6.07, 6.45) is 4.29. The number of aliphatic carboxylic acids is 1. The zero-order chi connectivity index (χ0) is 49.6. The first kappa shape index (κ1) is 50.1. The number of ether oxygens (including phenoxy) is 1. The van der Waals surface area contributed by atoms with E-state index in [1.807, 2.05) is 90.8 Å². The molecule has 70 heavy (non-hydrogen) atoms. The molecule has 5 aromatic rings. The van der Waals surface area contributed by atoms with Crippen LogP contribution in [0.4, 0.5) is 18.0 Å². The number of nitrogens with one attached hydrogen (secondary N) is 2.